The van der Waals surface area contributed by atoms with Gasteiger partial charge >= 0.3 is 6.03 Å². The van der Waals surface area contributed by atoms with Crippen molar-refractivity contribution in [3.8, 4) is 11.3 Å². The maximum atomic E-state index is 13.1. The number of urea groups is 1. The molecule has 1 N–H and O–H groups in total. The summed E-state index contributed by atoms with van der Waals surface area (Å²) in [6.07, 6.45) is 0. The fraction of sp³-hybridized carbons (Fsp3) is 0.263. The van der Waals surface area contributed by atoms with Crippen LogP contribution < -0.4 is 5.32 Å². The lowest BCUT2D eigenvalue weighted by Crippen LogP contribution is -2.49. The Hall–Kier alpha value is -2.29. The van der Waals surface area contributed by atoms with E-state index in [0.717, 1.165) is 40.9 Å². The Labute approximate surface area is 165 Å². The standard InChI is InChI=1S/C19H19FN4OS2/c20-15-5-3-14(4-6-15)16-13-27-18(21-16)12-23-7-9-24(10-8-23)19(25)22-17-2-1-11-26-17/h1-6,11,13H,7-10,12H2,(H,22,25). The first-order valence-corrected chi connectivity index (χ1v) is 10.5. The normalized spacial score (nSPS) is 15.1. The fourth-order valence-electron chi connectivity index (χ4n) is 2.97. The second-order valence-corrected chi connectivity index (χ2v) is 8.19. The summed E-state index contributed by atoms with van der Waals surface area (Å²) in [6.45, 7) is 3.82. The van der Waals surface area contributed by atoms with Crippen LogP contribution in [0.15, 0.2) is 47.2 Å². The molecule has 140 valence electrons. The highest BCUT2D eigenvalue weighted by Gasteiger charge is 2.22. The summed E-state index contributed by atoms with van der Waals surface area (Å²) >= 11 is 3.14. The first-order valence-electron chi connectivity index (χ1n) is 8.69. The van der Waals surface area contributed by atoms with Gasteiger partial charge in [-0.3, -0.25) is 10.2 Å². The van der Waals surface area contributed by atoms with Crippen molar-refractivity contribution < 1.29 is 9.18 Å². The molecule has 1 fully saturated rings. The van der Waals surface area contributed by atoms with Crippen molar-refractivity contribution in [1.82, 2.24) is 14.8 Å². The van der Waals surface area contributed by atoms with E-state index < -0.39 is 0 Å². The molecule has 2 amide bonds. The molecule has 0 radical (unpaired) electrons. The van der Waals surface area contributed by atoms with Gasteiger partial charge in [0, 0.05) is 37.1 Å². The average Bonchev–Trinajstić information content (AvgIpc) is 3.35. The highest BCUT2D eigenvalue weighted by molar-refractivity contribution is 7.14. The molecule has 27 heavy (non-hydrogen) atoms. The Balaban J connectivity index is 1.29. The number of hydrogen-bond acceptors (Lipinski definition) is 5. The summed E-state index contributed by atoms with van der Waals surface area (Å²) in [6, 6.07) is 10.2. The van der Waals surface area contributed by atoms with Gasteiger partial charge in [-0.15, -0.1) is 22.7 Å². The summed E-state index contributed by atoms with van der Waals surface area (Å²) < 4.78 is 13.1. The topological polar surface area (TPSA) is 48.5 Å². The molecule has 2 aromatic heterocycles. The Morgan fingerprint density at radius 2 is 1.89 bits per heavy atom. The van der Waals surface area contributed by atoms with Gasteiger partial charge in [0.15, 0.2) is 0 Å². The minimum absolute atomic E-state index is 0.0371. The number of piperazine rings is 1. The van der Waals surface area contributed by atoms with Crippen molar-refractivity contribution in [2.45, 2.75) is 6.54 Å². The zero-order valence-electron chi connectivity index (χ0n) is 14.6. The zero-order valence-corrected chi connectivity index (χ0v) is 16.2. The number of carbonyl (C=O) groups excluding carboxylic acids is 1. The SMILES string of the molecule is O=C(Nc1cccs1)N1CCN(Cc2nc(-c3ccc(F)cc3)cs2)CC1. The lowest BCUT2D eigenvalue weighted by Gasteiger charge is -2.34. The zero-order chi connectivity index (χ0) is 18.6. The van der Waals surface area contributed by atoms with Crippen LogP contribution in [0, 0.1) is 5.82 Å². The van der Waals surface area contributed by atoms with Gasteiger partial charge in [-0.25, -0.2) is 14.2 Å². The Morgan fingerprint density at radius 1 is 1.11 bits per heavy atom. The van der Waals surface area contributed by atoms with E-state index in [1.807, 2.05) is 27.8 Å². The van der Waals surface area contributed by atoms with Gasteiger partial charge in [-0.1, -0.05) is 0 Å². The van der Waals surface area contributed by atoms with E-state index in [-0.39, 0.29) is 11.8 Å². The molecule has 5 nitrogen and oxygen atoms in total. The molecular weight excluding hydrogens is 383 g/mol. The second kappa shape index (κ2) is 8.16. The maximum Gasteiger partial charge on any atom is 0.322 e. The molecule has 1 aliphatic rings. The van der Waals surface area contributed by atoms with Crippen LogP contribution in [0.3, 0.4) is 0 Å². The lowest BCUT2D eigenvalue weighted by molar-refractivity contribution is 0.143. The molecule has 1 aromatic carbocycles. The summed E-state index contributed by atoms with van der Waals surface area (Å²) in [5.74, 6) is -0.241. The van der Waals surface area contributed by atoms with E-state index in [2.05, 4.69) is 15.2 Å². The summed E-state index contributed by atoms with van der Waals surface area (Å²) in [5, 5.41) is 8.79. The van der Waals surface area contributed by atoms with Crippen LogP contribution >= 0.6 is 22.7 Å². The van der Waals surface area contributed by atoms with Crippen molar-refractivity contribution >= 4 is 33.7 Å². The van der Waals surface area contributed by atoms with Crippen LogP contribution in [-0.2, 0) is 6.54 Å². The molecule has 8 heteroatoms. The molecule has 0 spiro atoms. The predicted octanol–water partition coefficient (Wildman–Crippen LogP) is 4.36. The van der Waals surface area contributed by atoms with Crippen molar-refractivity contribution in [2.75, 3.05) is 31.5 Å². The Morgan fingerprint density at radius 3 is 2.59 bits per heavy atom. The molecule has 0 atom stereocenters. The molecule has 3 heterocycles. The van der Waals surface area contributed by atoms with Crippen molar-refractivity contribution in [1.29, 1.82) is 0 Å². The van der Waals surface area contributed by atoms with E-state index in [1.54, 1.807) is 23.5 Å². The highest BCUT2D eigenvalue weighted by Crippen LogP contribution is 2.23. The fourth-order valence-corrected chi connectivity index (χ4v) is 4.42. The van der Waals surface area contributed by atoms with Gasteiger partial charge in [0.2, 0.25) is 0 Å². The third-order valence-electron chi connectivity index (χ3n) is 4.46. The molecule has 0 bridgehead atoms. The van der Waals surface area contributed by atoms with Gasteiger partial charge in [-0.05, 0) is 41.8 Å². The molecule has 0 saturated carbocycles. The maximum absolute atomic E-state index is 13.1. The third-order valence-corrected chi connectivity index (χ3v) is 6.08. The van der Waals surface area contributed by atoms with Crippen LogP contribution in [0.2, 0.25) is 0 Å². The number of hydrogen-bond donors (Lipinski definition) is 1. The molecular formula is C19H19FN4OS2. The van der Waals surface area contributed by atoms with Crippen LogP contribution in [-0.4, -0.2) is 47.0 Å². The highest BCUT2D eigenvalue weighted by atomic mass is 32.1. The van der Waals surface area contributed by atoms with Gasteiger partial charge in [0.05, 0.1) is 17.2 Å². The molecule has 1 aliphatic heterocycles. The number of amides is 2. The van der Waals surface area contributed by atoms with Gasteiger partial charge in [0.25, 0.3) is 0 Å². The van der Waals surface area contributed by atoms with E-state index in [4.69, 9.17) is 0 Å². The number of aromatic nitrogens is 1. The van der Waals surface area contributed by atoms with Gasteiger partial charge in [0.1, 0.15) is 10.8 Å². The number of thiazole rings is 1. The van der Waals surface area contributed by atoms with Crippen LogP contribution in [0.25, 0.3) is 11.3 Å². The molecule has 0 unspecified atom stereocenters. The summed E-state index contributed by atoms with van der Waals surface area (Å²) in [4.78, 5) is 21.1. The van der Waals surface area contributed by atoms with E-state index in [0.29, 0.717) is 13.1 Å². The van der Waals surface area contributed by atoms with Crippen LogP contribution in [0.1, 0.15) is 5.01 Å². The van der Waals surface area contributed by atoms with Gasteiger partial charge < -0.3 is 4.90 Å². The smallest absolute Gasteiger partial charge is 0.322 e. The number of thiophene rings is 1. The number of benzene rings is 1. The quantitative estimate of drug-likeness (QED) is 0.705. The largest absolute Gasteiger partial charge is 0.322 e. The predicted molar refractivity (Wildman–Crippen MR) is 108 cm³/mol. The van der Waals surface area contributed by atoms with Crippen molar-refractivity contribution in [3.05, 3.63) is 58.0 Å². The number of nitrogens with zero attached hydrogens (tertiary/aromatic N) is 3. The molecule has 3 aromatic rings. The number of halogens is 1. The molecule has 0 aliphatic carbocycles. The van der Waals surface area contributed by atoms with Crippen molar-refractivity contribution in [2.24, 2.45) is 0 Å². The first-order chi connectivity index (χ1) is 13.2. The van der Waals surface area contributed by atoms with Crippen LogP contribution in [0.4, 0.5) is 14.2 Å². The number of carbonyl (C=O) groups is 1. The summed E-state index contributed by atoms with van der Waals surface area (Å²) in [5.41, 5.74) is 1.80. The number of rotatable bonds is 4. The van der Waals surface area contributed by atoms with Crippen molar-refractivity contribution in [3.63, 3.8) is 0 Å². The Bertz CT molecular complexity index is 887. The first kappa shape index (κ1) is 18.1. The number of nitrogens with one attached hydrogen (secondary N) is 1. The van der Waals surface area contributed by atoms with Crippen LogP contribution in [0.5, 0.6) is 0 Å². The average molecular weight is 403 g/mol. The minimum Gasteiger partial charge on any atom is -0.322 e. The minimum atomic E-state index is -0.241. The third kappa shape index (κ3) is 4.52. The number of anilines is 1. The van der Waals surface area contributed by atoms with E-state index in [1.165, 1.54) is 23.5 Å². The van der Waals surface area contributed by atoms with E-state index in [9.17, 15) is 9.18 Å². The lowest BCUT2D eigenvalue weighted by atomic mass is 10.2. The monoisotopic (exact) mass is 402 g/mol. The van der Waals surface area contributed by atoms with Gasteiger partial charge in [-0.2, -0.15) is 0 Å². The van der Waals surface area contributed by atoms with E-state index >= 15 is 0 Å². The molecule has 1 saturated heterocycles. The summed E-state index contributed by atoms with van der Waals surface area (Å²) in [7, 11) is 0. The molecule has 4 rings (SSSR count). The Kier molecular flexibility index (Phi) is 5.47. The second-order valence-electron chi connectivity index (χ2n) is 6.30.